The van der Waals surface area contributed by atoms with Gasteiger partial charge in [0.15, 0.2) is 0 Å². The molecule has 2 aromatic carbocycles. The Morgan fingerprint density at radius 2 is 2.00 bits per heavy atom. The maximum absolute atomic E-state index is 6.61. The summed E-state index contributed by atoms with van der Waals surface area (Å²) < 4.78 is 8.39. The monoisotopic (exact) mass is 428 g/mol. The topological polar surface area (TPSA) is 77.8 Å². The van der Waals surface area contributed by atoms with Crippen LogP contribution in [0.4, 0.5) is 5.95 Å². The number of ether oxygens (including phenoxy) is 1. The van der Waals surface area contributed by atoms with Crippen LogP contribution in [0.3, 0.4) is 0 Å². The van der Waals surface area contributed by atoms with Crippen molar-refractivity contribution in [1.29, 1.82) is 0 Å². The molecule has 0 unspecified atom stereocenters. The Labute approximate surface area is 183 Å². The molecule has 2 aliphatic heterocycles. The van der Waals surface area contributed by atoms with Crippen molar-refractivity contribution in [2.24, 2.45) is 0 Å². The SMILES string of the molecule is Cc1ccccc1[C@@H]1Oc2ccc(Cl)cc2C2=C1[C@H](c1cccnc1)n1nnnc1N2. The van der Waals surface area contributed by atoms with Gasteiger partial charge in [-0.25, -0.2) is 0 Å². The second kappa shape index (κ2) is 6.92. The summed E-state index contributed by atoms with van der Waals surface area (Å²) in [6.45, 7) is 2.09. The predicted octanol–water partition coefficient (Wildman–Crippen LogP) is 4.59. The van der Waals surface area contributed by atoms with Crippen LogP contribution in [0.15, 0.2) is 72.6 Å². The molecule has 2 atom stereocenters. The molecular weight excluding hydrogens is 412 g/mol. The second-order valence-electron chi connectivity index (χ2n) is 7.59. The van der Waals surface area contributed by atoms with Gasteiger partial charge in [0.2, 0.25) is 5.95 Å². The summed E-state index contributed by atoms with van der Waals surface area (Å²) in [4.78, 5) is 4.34. The van der Waals surface area contributed by atoms with Gasteiger partial charge < -0.3 is 10.1 Å². The van der Waals surface area contributed by atoms with Gasteiger partial charge in [-0.1, -0.05) is 47.0 Å². The molecule has 0 radical (unpaired) electrons. The van der Waals surface area contributed by atoms with Crippen LogP contribution in [0.1, 0.15) is 34.4 Å². The van der Waals surface area contributed by atoms with Gasteiger partial charge in [-0.15, -0.1) is 0 Å². The summed E-state index contributed by atoms with van der Waals surface area (Å²) in [6.07, 6.45) is 3.26. The molecule has 4 heterocycles. The minimum atomic E-state index is -0.333. The Hall–Kier alpha value is -3.71. The number of nitrogens with zero attached hydrogens (tertiary/aromatic N) is 5. The van der Waals surface area contributed by atoms with Gasteiger partial charge in [-0.2, -0.15) is 4.68 Å². The third-order valence-corrected chi connectivity index (χ3v) is 6.00. The van der Waals surface area contributed by atoms with Crippen molar-refractivity contribution in [2.45, 2.75) is 19.1 Å². The van der Waals surface area contributed by atoms with E-state index in [1.54, 1.807) is 10.9 Å². The zero-order valence-corrected chi connectivity index (χ0v) is 17.3. The highest BCUT2D eigenvalue weighted by Crippen LogP contribution is 2.51. The van der Waals surface area contributed by atoms with Crippen LogP contribution >= 0.6 is 11.6 Å². The minimum absolute atomic E-state index is 0.285. The maximum atomic E-state index is 6.61. The molecule has 1 N–H and O–H groups in total. The number of benzene rings is 2. The number of aryl methyl sites for hydroxylation is 1. The van der Waals surface area contributed by atoms with E-state index < -0.39 is 0 Å². The third kappa shape index (κ3) is 2.81. The van der Waals surface area contributed by atoms with Crippen molar-refractivity contribution in [3.63, 3.8) is 0 Å². The number of halogens is 1. The van der Waals surface area contributed by atoms with E-state index in [0.29, 0.717) is 11.0 Å². The molecule has 31 heavy (non-hydrogen) atoms. The highest BCUT2D eigenvalue weighted by atomic mass is 35.5. The van der Waals surface area contributed by atoms with Crippen LogP contribution < -0.4 is 10.1 Å². The number of anilines is 1. The fraction of sp³-hybridized carbons (Fsp3) is 0.130. The Morgan fingerprint density at radius 1 is 1.10 bits per heavy atom. The van der Waals surface area contributed by atoms with Crippen LogP contribution in [-0.2, 0) is 0 Å². The first-order valence-corrected chi connectivity index (χ1v) is 10.3. The van der Waals surface area contributed by atoms with E-state index in [1.807, 2.05) is 48.7 Å². The molecule has 0 amide bonds. The molecule has 0 aliphatic carbocycles. The molecule has 2 aliphatic rings. The van der Waals surface area contributed by atoms with Crippen LogP contribution in [0, 0.1) is 6.92 Å². The zero-order valence-electron chi connectivity index (χ0n) is 16.5. The summed E-state index contributed by atoms with van der Waals surface area (Å²) in [6, 6.07) is 17.6. The van der Waals surface area contributed by atoms with Crippen molar-refractivity contribution in [3.05, 3.63) is 99.8 Å². The number of tetrazole rings is 1. The quantitative estimate of drug-likeness (QED) is 0.503. The normalized spacial score (nSPS) is 19.0. The van der Waals surface area contributed by atoms with Gasteiger partial charge in [0.05, 0.1) is 5.70 Å². The number of fused-ring (bicyclic) bond motifs is 3. The largest absolute Gasteiger partial charge is 0.480 e. The Balaban J connectivity index is 1.66. The van der Waals surface area contributed by atoms with Crippen LogP contribution in [0.2, 0.25) is 5.02 Å². The van der Waals surface area contributed by atoms with E-state index in [9.17, 15) is 0 Å². The highest BCUT2D eigenvalue weighted by Gasteiger charge is 2.41. The number of hydrogen-bond acceptors (Lipinski definition) is 6. The van der Waals surface area contributed by atoms with Gasteiger partial charge in [0.25, 0.3) is 0 Å². The standard InChI is InChI=1S/C23H17ClN6O/c1-13-5-2-3-7-16(13)22-19-20(17-11-15(24)8-9-18(17)31-22)26-23-27-28-29-30(23)21(19)14-6-4-10-25-12-14/h2-12,21-22H,1H3,(H,26,27,29)/t21-,22-/m0/s1. The molecule has 0 fully saturated rings. The first-order chi connectivity index (χ1) is 15.2. The Morgan fingerprint density at radius 3 is 2.84 bits per heavy atom. The summed E-state index contributed by atoms with van der Waals surface area (Å²) >= 11 is 6.36. The van der Waals surface area contributed by atoms with E-state index in [-0.39, 0.29) is 12.1 Å². The summed E-state index contributed by atoms with van der Waals surface area (Å²) in [5.41, 5.74) is 6.00. The molecule has 2 aromatic heterocycles. The summed E-state index contributed by atoms with van der Waals surface area (Å²) in [5.74, 6) is 1.32. The lowest BCUT2D eigenvalue weighted by Crippen LogP contribution is -2.32. The van der Waals surface area contributed by atoms with E-state index in [2.05, 4.69) is 44.9 Å². The van der Waals surface area contributed by atoms with Crippen LogP contribution in [0.25, 0.3) is 5.70 Å². The van der Waals surface area contributed by atoms with Crippen molar-refractivity contribution in [2.75, 3.05) is 5.32 Å². The first-order valence-electron chi connectivity index (χ1n) is 9.91. The summed E-state index contributed by atoms with van der Waals surface area (Å²) in [7, 11) is 0. The smallest absolute Gasteiger partial charge is 0.248 e. The number of rotatable bonds is 2. The molecule has 8 heteroatoms. The predicted molar refractivity (Wildman–Crippen MR) is 117 cm³/mol. The minimum Gasteiger partial charge on any atom is -0.480 e. The lowest BCUT2D eigenvalue weighted by molar-refractivity contribution is 0.222. The maximum Gasteiger partial charge on any atom is 0.248 e. The Bertz CT molecular complexity index is 1330. The van der Waals surface area contributed by atoms with Crippen molar-refractivity contribution >= 4 is 23.2 Å². The number of nitrogens with one attached hydrogen (secondary N) is 1. The highest BCUT2D eigenvalue weighted by molar-refractivity contribution is 6.30. The van der Waals surface area contributed by atoms with Crippen LogP contribution in [0.5, 0.6) is 5.75 Å². The number of pyridine rings is 1. The van der Waals surface area contributed by atoms with Gasteiger partial charge in [0.1, 0.15) is 17.9 Å². The lowest BCUT2D eigenvalue weighted by Gasteiger charge is -2.38. The number of aromatic nitrogens is 5. The molecule has 4 aromatic rings. The van der Waals surface area contributed by atoms with Crippen molar-refractivity contribution in [1.82, 2.24) is 25.2 Å². The van der Waals surface area contributed by atoms with Crippen molar-refractivity contribution in [3.8, 4) is 5.75 Å². The van der Waals surface area contributed by atoms with Crippen molar-refractivity contribution < 1.29 is 4.74 Å². The van der Waals surface area contributed by atoms with Gasteiger partial charge in [-0.3, -0.25) is 4.98 Å². The van der Waals surface area contributed by atoms with Gasteiger partial charge in [-0.05, 0) is 58.3 Å². The average Bonchev–Trinajstić information content (AvgIpc) is 3.27. The molecule has 7 nitrogen and oxygen atoms in total. The lowest BCUT2D eigenvalue weighted by atomic mass is 9.84. The number of hydrogen-bond donors (Lipinski definition) is 1. The van der Waals surface area contributed by atoms with E-state index in [4.69, 9.17) is 16.3 Å². The second-order valence-corrected chi connectivity index (χ2v) is 8.02. The molecule has 152 valence electrons. The molecule has 0 bridgehead atoms. The average molecular weight is 429 g/mol. The molecule has 0 saturated heterocycles. The molecular formula is C23H17ClN6O. The Kier molecular flexibility index (Phi) is 4.04. The summed E-state index contributed by atoms with van der Waals surface area (Å²) in [5, 5.41) is 16.5. The molecule has 0 saturated carbocycles. The van der Waals surface area contributed by atoms with Crippen LogP contribution in [-0.4, -0.2) is 25.2 Å². The van der Waals surface area contributed by atoms with E-state index >= 15 is 0 Å². The fourth-order valence-electron chi connectivity index (χ4n) is 4.36. The van der Waals surface area contributed by atoms with Gasteiger partial charge >= 0.3 is 0 Å². The van der Waals surface area contributed by atoms with E-state index in [0.717, 1.165) is 39.3 Å². The van der Waals surface area contributed by atoms with E-state index in [1.165, 1.54) is 0 Å². The fourth-order valence-corrected chi connectivity index (χ4v) is 4.53. The first kappa shape index (κ1) is 18.1. The third-order valence-electron chi connectivity index (χ3n) is 5.77. The molecule has 0 spiro atoms. The van der Waals surface area contributed by atoms with Gasteiger partial charge in [0, 0.05) is 28.6 Å². The zero-order chi connectivity index (χ0) is 20.9. The molecule has 6 rings (SSSR count).